The zero-order chi connectivity index (χ0) is 13.0. The van der Waals surface area contributed by atoms with E-state index in [1.54, 1.807) is 0 Å². The first-order chi connectivity index (χ1) is 8.47. The van der Waals surface area contributed by atoms with Gasteiger partial charge in [-0.1, -0.05) is 13.5 Å². The first-order valence-electron chi connectivity index (χ1n) is 7.03. The van der Waals surface area contributed by atoms with E-state index in [4.69, 9.17) is 9.84 Å². The number of aliphatic carboxylic acids is 1. The monoisotopic (exact) mass is 250 g/mol. The van der Waals surface area contributed by atoms with Crippen molar-refractivity contribution in [3.05, 3.63) is 12.2 Å². The summed E-state index contributed by atoms with van der Waals surface area (Å²) in [6.07, 6.45) is 6.77. The summed E-state index contributed by atoms with van der Waals surface area (Å²) < 4.78 is 5.78. The third-order valence-electron chi connectivity index (χ3n) is 5.69. The molecule has 0 aromatic rings. The lowest BCUT2D eigenvalue weighted by atomic mass is 9.54. The molecule has 1 saturated heterocycles. The van der Waals surface area contributed by atoms with Crippen molar-refractivity contribution in [1.29, 1.82) is 0 Å². The van der Waals surface area contributed by atoms with Crippen LogP contribution in [0.5, 0.6) is 0 Å². The summed E-state index contributed by atoms with van der Waals surface area (Å²) in [5, 5.41) is 9.11. The fourth-order valence-electron chi connectivity index (χ4n) is 4.41. The molecule has 2 saturated carbocycles. The summed E-state index contributed by atoms with van der Waals surface area (Å²) in [6.45, 7) is 7.03. The molecule has 100 valence electrons. The van der Waals surface area contributed by atoms with Crippen molar-refractivity contribution in [2.24, 2.45) is 17.3 Å². The minimum absolute atomic E-state index is 0.102. The maximum absolute atomic E-state index is 11.1. The molecule has 4 unspecified atom stereocenters. The molecule has 2 aliphatic carbocycles. The zero-order valence-corrected chi connectivity index (χ0v) is 11.1. The van der Waals surface area contributed by atoms with E-state index in [1.807, 2.05) is 0 Å². The van der Waals surface area contributed by atoms with Gasteiger partial charge in [-0.15, -0.1) is 0 Å². The molecule has 0 bridgehead atoms. The summed E-state index contributed by atoms with van der Waals surface area (Å²) >= 11 is 0. The van der Waals surface area contributed by atoms with E-state index in [0.717, 1.165) is 25.9 Å². The van der Waals surface area contributed by atoms with Crippen LogP contribution in [-0.4, -0.2) is 23.3 Å². The van der Waals surface area contributed by atoms with Crippen molar-refractivity contribution in [2.45, 2.75) is 51.0 Å². The second kappa shape index (κ2) is 3.83. The van der Waals surface area contributed by atoms with Gasteiger partial charge in [0.25, 0.3) is 0 Å². The summed E-state index contributed by atoms with van der Waals surface area (Å²) in [4.78, 5) is 11.1. The normalized spacial score (nSPS) is 46.5. The quantitative estimate of drug-likeness (QED) is 0.605. The van der Waals surface area contributed by atoms with E-state index in [-0.39, 0.29) is 11.5 Å². The van der Waals surface area contributed by atoms with Crippen molar-refractivity contribution in [3.8, 4) is 0 Å². The first-order valence-corrected chi connectivity index (χ1v) is 7.03. The highest BCUT2D eigenvalue weighted by molar-refractivity contribution is 5.86. The van der Waals surface area contributed by atoms with Gasteiger partial charge in [0.1, 0.15) is 0 Å². The average Bonchev–Trinajstić information content (AvgIpc) is 3.08. The molecular weight excluding hydrogens is 228 g/mol. The molecular formula is C15H22O3. The van der Waals surface area contributed by atoms with Crippen molar-refractivity contribution in [1.82, 2.24) is 0 Å². The summed E-state index contributed by atoms with van der Waals surface area (Å²) in [5.41, 5.74) is 0.868. The van der Waals surface area contributed by atoms with Gasteiger partial charge in [0.2, 0.25) is 0 Å². The van der Waals surface area contributed by atoms with Crippen LogP contribution in [0, 0.1) is 17.3 Å². The molecule has 3 nitrogen and oxygen atoms in total. The number of hydrogen-bond acceptors (Lipinski definition) is 2. The molecule has 4 atom stereocenters. The molecule has 1 spiro atoms. The molecule has 0 radical (unpaired) electrons. The minimum Gasteiger partial charge on any atom is -0.478 e. The molecule has 1 aliphatic heterocycles. The van der Waals surface area contributed by atoms with Crippen LogP contribution in [0.3, 0.4) is 0 Å². The van der Waals surface area contributed by atoms with Gasteiger partial charge in [0, 0.05) is 5.57 Å². The molecule has 3 heteroatoms. The Morgan fingerprint density at radius 1 is 1.39 bits per heavy atom. The van der Waals surface area contributed by atoms with E-state index in [2.05, 4.69) is 13.5 Å². The maximum atomic E-state index is 11.1. The Labute approximate surface area is 108 Å². The van der Waals surface area contributed by atoms with Gasteiger partial charge in [-0.3, -0.25) is 0 Å². The molecule has 1 heterocycles. The van der Waals surface area contributed by atoms with Gasteiger partial charge in [-0.05, 0) is 55.8 Å². The molecule has 0 aromatic heterocycles. The summed E-state index contributed by atoms with van der Waals surface area (Å²) in [6, 6.07) is 0. The van der Waals surface area contributed by atoms with Crippen LogP contribution in [0.4, 0.5) is 0 Å². The van der Waals surface area contributed by atoms with E-state index in [9.17, 15) is 4.79 Å². The number of hydrogen-bond donors (Lipinski definition) is 1. The number of epoxide rings is 1. The number of ether oxygens (including phenoxy) is 1. The predicted octanol–water partition coefficient (Wildman–Crippen LogP) is 3.00. The van der Waals surface area contributed by atoms with Crippen molar-refractivity contribution in [3.63, 3.8) is 0 Å². The summed E-state index contributed by atoms with van der Waals surface area (Å²) in [7, 11) is 0. The van der Waals surface area contributed by atoms with Gasteiger partial charge >= 0.3 is 5.97 Å². The molecule has 0 amide bonds. The maximum Gasteiger partial charge on any atom is 0.331 e. The van der Waals surface area contributed by atoms with E-state index in [1.165, 1.54) is 19.3 Å². The summed E-state index contributed by atoms with van der Waals surface area (Å²) in [5.74, 6) is -0.140. The van der Waals surface area contributed by atoms with Crippen molar-refractivity contribution in [2.75, 3.05) is 6.61 Å². The van der Waals surface area contributed by atoms with Crippen LogP contribution in [0.1, 0.15) is 45.4 Å². The van der Waals surface area contributed by atoms with E-state index in [0.29, 0.717) is 16.9 Å². The Balaban J connectivity index is 1.81. The van der Waals surface area contributed by atoms with Crippen molar-refractivity contribution >= 4 is 5.97 Å². The standard InChI is InChI=1S/C15H22O3/c1-10(13(16)17)11-4-7-14(2)5-3-6-15(9-18-15)12(14)8-11/h11-12H,1,3-9H2,2H3,(H,16,17). The fraction of sp³-hybridized carbons (Fsp3) is 0.800. The number of rotatable bonds is 2. The lowest BCUT2D eigenvalue weighted by Crippen LogP contribution is -2.47. The smallest absolute Gasteiger partial charge is 0.331 e. The van der Waals surface area contributed by atoms with Crippen LogP contribution in [0.25, 0.3) is 0 Å². The van der Waals surface area contributed by atoms with Crippen LogP contribution in [0.2, 0.25) is 0 Å². The predicted molar refractivity (Wildman–Crippen MR) is 68.2 cm³/mol. The highest BCUT2D eigenvalue weighted by Gasteiger charge is 2.61. The lowest BCUT2D eigenvalue weighted by molar-refractivity contribution is -0.133. The number of carboxylic acids is 1. The zero-order valence-electron chi connectivity index (χ0n) is 11.1. The Kier molecular flexibility index (Phi) is 2.60. The van der Waals surface area contributed by atoms with Crippen LogP contribution in [-0.2, 0) is 9.53 Å². The second-order valence-electron chi connectivity index (χ2n) is 6.72. The van der Waals surface area contributed by atoms with Crippen molar-refractivity contribution < 1.29 is 14.6 Å². The van der Waals surface area contributed by atoms with Gasteiger partial charge in [0.15, 0.2) is 0 Å². The number of fused-ring (bicyclic) bond motifs is 2. The minimum atomic E-state index is -0.829. The molecule has 0 aromatic carbocycles. The third-order valence-corrected chi connectivity index (χ3v) is 5.69. The Morgan fingerprint density at radius 2 is 2.11 bits per heavy atom. The highest BCUT2D eigenvalue weighted by atomic mass is 16.6. The van der Waals surface area contributed by atoms with Gasteiger partial charge in [-0.25, -0.2) is 4.79 Å². The molecule has 3 aliphatic rings. The Morgan fingerprint density at radius 3 is 2.72 bits per heavy atom. The largest absolute Gasteiger partial charge is 0.478 e. The van der Waals surface area contributed by atoms with Crippen LogP contribution < -0.4 is 0 Å². The van der Waals surface area contributed by atoms with Crippen LogP contribution in [0.15, 0.2) is 12.2 Å². The Bertz CT molecular complexity index is 397. The molecule has 1 N–H and O–H groups in total. The second-order valence-corrected chi connectivity index (χ2v) is 6.72. The van der Waals surface area contributed by atoms with Gasteiger partial charge in [0.05, 0.1) is 12.2 Å². The third kappa shape index (κ3) is 1.71. The number of carboxylic acid groups (broad SMARTS) is 1. The molecule has 3 rings (SSSR count). The highest BCUT2D eigenvalue weighted by Crippen LogP contribution is 2.61. The molecule has 18 heavy (non-hydrogen) atoms. The van der Waals surface area contributed by atoms with E-state index >= 15 is 0 Å². The average molecular weight is 250 g/mol. The lowest BCUT2D eigenvalue weighted by Gasteiger charge is -2.50. The molecule has 3 fully saturated rings. The Hall–Kier alpha value is -0.830. The van der Waals surface area contributed by atoms with Gasteiger partial charge in [-0.2, -0.15) is 0 Å². The number of carbonyl (C=O) groups is 1. The first kappa shape index (κ1) is 12.2. The van der Waals surface area contributed by atoms with Gasteiger partial charge < -0.3 is 9.84 Å². The SMILES string of the molecule is C=C(C(=O)O)C1CCC2(C)CCCC3(CO3)C2C1. The van der Waals surface area contributed by atoms with Crippen LogP contribution >= 0.6 is 0 Å². The van der Waals surface area contributed by atoms with E-state index < -0.39 is 5.97 Å². The topological polar surface area (TPSA) is 49.8 Å². The fourth-order valence-corrected chi connectivity index (χ4v) is 4.41.